The average Bonchev–Trinajstić information content (AvgIpc) is 3.85. The summed E-state index contributed by atoms with van der Waals surface area (Å²) in [5, 5.41) is 5.19. The summed E-state index contributed by atoms with van der Waals surface area (Å²) in [6, 6.07) is 67.4. The molecule has 0 amide bonds. The van der Waals surface area contributed by atoms with Crippen LogP contribution >= 0.6 is 11.3 Å². The summed E-state index contributed by atoms with van der Waals surface area (Å²) in [5.41, 5.74) is 15.4. The highest BCUT2D eigenvalue weighted by Crippen LogP contribution is 2.50. The first-order valence-electron chi connectivity index (χ1n) is 17.6. The number of rotatable bonds is 4. The van der Waals surface area contributed by atoms with E-state index >= 15 is 0 Å². The number of hydrogen-bond donors (Lipinski definition) is 0. The van der Waals surface area contributed by atoms with Crippen molar-refractivity contribution in [2.75, 3.05) is 0 Å². The van der Waals surface area contributed by atoms with Gasteiger partial charge in [-0.15, -0.1) is 11.3 Å². The normalized spacial score (nSPS) is 13.7. The lowest BCUT2D eigenvalue weighted by atomic mass is 9.87. The van der Waals surface area contributed by atoms with E-state index in [0.717, 1.165) is 0 Å². The largest absolute Gasteiger partial charge is 0.309 e. The molecule has 238 valence electrons. The lowest BCUT2D eigenvalue weighted by molar-refractivity contribution is 1.02. The molecule has 0 fully saturated rings. The molecule has 1 atom stereocenters. The van der Waals surface area contributed by atoms with E-state index in [0.29, 0.717) is 0 Å². The van der Waals surface area contributed by atoms with Crippen molar-refractivity contribution in [2.24, 2.45) is 0 Å². The molecule has 2 aromatic heterocycles. The monoisotopic (exact) mass is 665 g/mol. The van der Waals surface area contributed by atoms with Gasteiger partial charge in [-0.05, 0) is 92.5 Å². The number of para-hydroxylation sites is 1. The van der Waals surface area contributed by atoms with Gasteiger partial charge in [0, 0.05) is 36.9 Å². The third-order valence-corrected chi connectivity index (χ3v) is 12.0. The second-order valence-corrected chi connectivity index (χ2v) is 14.7. The highest BCUT2D eigenvalue weighted by atomic mass is 32.1. The molecule has 0 saturated carbocycles. The van der Waals surface area contributed by atoms with E-state index < -0.39 is 0 Å². The minimum absolute atomic E-state index is 0.199. The topological polar surface area (TPSA) is 4.93 Å². The maximum Gasteiger partial charge on any atom is 0.0555 e. The van der Waals surface area contributed by atoms with Crippen LogP contribution in [0.2, 0.25) is 0 Å². The van der Waals surface area contributed by atoms with Crippen molar-refractivity contribution in [2.45, 2.75) is 5.92 Å². The Morgan fingerprint density at radius 3 is 2.00 bits per heavy atom. The Hall–Kier alpha value is -6.22. The SMILES string of the molecule is c1ccc(-c2cccc(C3c4ccccc4-c4cc(-c5ccc6c(c5)c5ccccc5n6-c5cccc6sc7ccccc7c56)ccc43)c2)cc1. The van der Waals surface area contributed by atoms with Crippen LogP contribution in [0.15, 0.2) is 182 Å². The second kappa shape index (κ2) is 11.1. The van der Waals surface area contributed by atoms with Crippen molar-refractivity contribution in [3.05, 3.63) is 199 Å². The van der Waals surface area contributed by atoms with Crippen LogP contribution in [0.5, 0.6) is 0 Å². The zero-order valence-electron chi connectivity index (χ0n) is 27.8. The van der Waals surface area contributed by atoms with E-state index in [-0.39, 0.29) is 5.92 Å². The predicted molar refractivity (Wildman–Crippen MR) is 217 cm³/mol. The predicted octanol–water partition coefficient (Wildman–Crippen LogP) is 13.6. The van der Waals surface area contributed by atoms with Gasteiger partial charge in [0.15, 0.2) is 0 Å². The van der Waals surface area contributed by atoms with Crippen molar-refractivity contribution < 1.29 is 0 Å². The van der Waals surface area contributed by atoms with Crippen molar-refractivity contribution in [3.63, 3.8) is 0 Å². The minimum Gasteiger partial charge on any atom is -0.309 e. The second-order valence-electron chi connectivity index (χ2n) is 13.6. The molecular weight excluding hydrogens is 635 g/mol. The van der Waals surface area contributed by atoms with Gasteiger partial charge in [-0.3, -0.25) is 0 Å². The molecular formula is C49H31NS. The third kappa shape index (κ3) is 4.33. The van der Waals surface area contributed by atoms with Crippen LogP contribution in [-0.2, 0) is 0 Å². The van der Waals surface area contributed by atoms with Crippen LogP contribution in [0.3, 0.4) is 0 Å². The Kier molecular flexibility index (Phi) is 6.25. The molecule has 10 aromatic rings. The molecule has 8 aromatic carbocycles. The molecule has 51 heavy (non-hydrogen) atoms. The van der Waals surface area contributed by atoms with Crippen LogP contribution in [-0.4, -0.2) is 4.57 Å². The number of hydrogen-bond acceptors (Lipinski definition) is 1. The number of fused-ring (bicyclic) bond motifs is 9. The number of thiophene rings is 1. The van der Waals surface area contributed by atoms with Gasteiger partial charge in [0.2, 0.25) is 0 Å². The minimum atomic E-state index is 0.199. The fourth-order valence-electron chi connectivity index (χ4n) is 8.62. The van der Waals surface area contributed by atoms with Gasteiger partial charge >= 0.3 is 0 Å². The molecule has 0 bridgehead atoms. The molecule has 1 unspecified atom stereocenters. The van der Waals surface area contributed by atoms with E-state index in [1.165, 1.54) is 97.7 Å². The molecule has 0 N–H and O–H groups in total. The molecule has 0 radical (unpaired) electrons. The smallest absolute Gasteiger partial charge is 0.0555 e. The Morgan fingerprint density at radius 2 is 1.06 bits per heavy atom. The van der Waals surface area contributed by atoms with Crippen molar-refractivity contribution in [1.82, 2.24) is 4.57 Å². The summed E-state index contributed by atoms with van der Waals surface area (Å²) >= 11 is 1.87. The Bertz CT molecular complexity index is 2980. The number of benzene rings is 8. The fraction of sp³-hybridized carbons (Fsp3) is 0.0204. The van der Waals surface area contributed by atoms with E-state index in [2.05, 4.69) is 187 Å². The van der Waals surface area contributed by atoms with Gasteiger partial charge in [0.25, 0.3) is 0 Å². The van der Waals surface area contributed by atoms with Crippen molar-refractivity contribution in [3.8, 4) is 39.1 Å². The molecule has 11 rings (SSSR count). The molecule has 1 aliphatic rings. The van der Waals surface area contributed by atoms with Gasteiger partial charge in [0.05, 0.1) is 16.7 Å². The summed E-state index contributed by atoms with van der Waals surface area (Å²) < 4.78 is 5.12. The Balaban J connectivity index is 1.07. The molecule has 1 aliphatic carbocycles. The molecule has 0 aliphatic heterocycles. The standard InChI is InChI=1S/C49H31NS/c1-2-12-31(13-3-1)32-14-10-15-35(28-32)48-38-18-5-4-16-36(38)41-29-33(24-26-39(41)48)34-25-27-44-42(30-34)37-17-6-8-20-43(37)50(44)45-21-11-23-47-49(45)40-19-7-9-22-46(40)51-47/h1-30,48H. The van der Waals surface area contributed by atoms with Crippen molar-refractivity contribution in [1.29, 1.82) is 0 Å². The van der Waals surface area contributed by atoms with Gasteiger partial charge < -0.3 is 4.57 Å². The highest BCUT2D eigenvalue weighted by molar-refractivity contribution is 7.25. The lowest BCUT2D eigenvalue weighted by Crippen LogP contribution is -1.99. The first-order valence-corrected chi connectivity index (χ1v) is 18.4. The summed E-state index contributed by atoms with van der Waals surface area (Å²) in [4.78, 5) is 0. The Morgan fingerprint density at radius 1 is 0.392 bits per heavy atom. The zero-order valence-corrected chi connectivity index (χ0v) is 28.6. The van der Waals surface area contributed by atoms with Crippen LogP contribution in [0.4, 0.5) is 0 Å². The zero-order chi connectivity index (χ0) is 33.5. The van der Waals surface area contributed by atoms with Gasteiger partial charge in [0.1, 0.15) is 0 Å². The van der Waals surface area contributed by atoms with E-state index in [9.17, 15) is 0 Å². The summed E-state index contributed by atoms with van der Waals surface area (Å²) in [5.74, 6) is 0.199. The van der Waals surface area contributed by atoms with Gasteiger partial charge in [-0.25, -0.2) is 0 Å². The molecule has 0 saturated heterocycles. The Labute approximate surface area is 300 Å². The van der Waals surface area contributed by atoms with Crippen LogP contribution in [0.25, 0.3) is 81.0 Å². The summed E-state index contributed by atoms with van der Waals surface area (Å²) in [7, 11) is 0. The molecule has 1 nitrogen and oxygen atoms in total. The maximum atomic E-state index is 2.48. The fourth-order valence-corrected chi connectivity index (χ4v) is 9.75. The third-order valence-electron chi connectivity index (χ3n) is 10.9. The average molecular weight is 666 g/mol. The van der Waals surface area contributed by atoms with Gasteiger partial charge in [-0.1, -0.05) is 140 Å². The highest BCUT2D eigenvalue weighted by Gasteiger charge is 2.30. The van der Waals surface area contributed by atoms with Crippen LogP contribution in [0, 0.1) is 0 Å². The van der Waals surface area contributed by atoms with Crippen molar-refractivity contribution >= 4 is 53.3 Å². The first-order chi connectivity index (χ1) is 25.3. The molecule has 0 spiro atoms. The number of aromatic nitrogens is 1. The molecule has 2 heteroatoms. The lowest BCUT2D eigenvalue weighted by Gasteiger charge is -2.16. The van der Waals surface area contributed by atoms with E-state index in [1.54, 1.807) is 0 Å². The maximum absolute atomic E-state index is 2.48. The van der Waals surface area contributed by atoms with Gasteiger partial charge in [-0.2, -0.15) is 0 Å². The number of nitrogens with zero attached hydrogens (tertiary/aromatic N) is 1. The first kappa shape index (κ1) is 28.6. The van der Waals surface area contributed by atoms with Crippen LogP contribution in [0.1, 0.15) is 22.6 Å². The summed E-state index contributed by atoms with van der Waals surface area (Å²) in [6.07, 6.45) is 0. The summed E-state index contributed by atoms with van der Waals surface area (Å²) in [6.45, 7) is 0. The van der Waals surface area contributed by atoms with Crippen LogP contribution < -0.4 is 0 Å². The quantitative estimate of drug-likeness (QED) is 0.176. The molecule has 2 heterocycles. The van der Waals surface area contributed by atoms with E-state index in [4.69, 9.17) is 0 Å². The van der Waals surface area contributed by atoms with E-state index in [1.807, 2.05) is 11.3 Å².